The molecule has 0 bridgehead atoms. The number of rotatable bonds is 5. The Hall–Kier alpha value is -4.08. The van der Waals surface area contributed by atoms with Crippen molar-refractivity contribution in [3.63, 3.8) is 0 Å². The van der Waals surface area contributed by atoms with Gasteiger partial charge in [-0.2, -0.15) is 0 Å². The van der Waals surface area contributed by atoms with Crippen molar-refractivity contribution in [1.29, 1.82) is 0 Å². The summed E-state index contributed by atoms with van der Waals surface area (Å²) in [7, 11) is 0. The minimum Gasteiger partial charge on any atom is -0.507 e. The zero-order valence-electron chi connectivity index (χ0n) is 14.6. The van der Waals surface area contributed by atoms with Gasteiger partial charge in [0.15, 0.2) is 0 Å². The van der Waals surface area contributed by atoms with Crippen molar-refractivity contribution in [2.45, 2.75) is 12.8 Å². The quantitative estimate of drug-likeness (QED) is 0.400. The number of phenolic OH excluding ortho intramolecular Hbond substituents is 2. The molecule has 6 N–H and O–H groups in total. The summed E-state index contributed by atoms with van der Waals surface area (Å²) in [5.41, 5.74) is 8.41. The van der Waals surface area contributed by atoms with Crippen molar-refractivity contribution in [2.75, 3.05) is 0 Å². The highest BCUT2D eigenvalue weighted by Crippen LogP contribution is 2.15. The van der Waals surface area contributed by atoms with Crippen molar-refractivity contribution in [1.82, 2.24) is 21.7 Å². The standard InChI is InChI=1S/C18H18N4O6/c23-13-7-3-1-5-11(13)17(27)21-19-15(25)9-10-16(26)20-22-18(28)12-6-2-4-8-14(12)24/h1-8,23-24H,9-10H2,(H,19,25)(H,20,26)(H,21,27)(H,22,28). The molecule has 0 heterocycles. The molecule has 2 rings (SSSR count). The molecule has 0 spiro atoms. The fourth-order valence-corrected chi connectivity index (χ4v) is 2.07. The van der Waals surface area contributed by atoms with E-state index in [2.05, 4.69) is 21.7 Å². The van der Waals surface area contributed by atoms with Crippen LogP contribution in [-0.2, 0) is 9.59 Å². The minimum absolute atomic E-state index is 0.0209. The summed E-state index contributed by atoms with van der Waals surface area (Å²) >= 11 is 0. The van der Waals surface area contributed by atoms with Crippen LogP contribution >= 0.6 is 0 Å². The summed E-state index contributed by atoms with van der Waals surface area (Å²) in [6.07, 6.45) is -0.529. The predicted octanol–water partition coefficient (Wildman–Crippen LogP) is 0.100. The number of carbonyl (C=O) groups is 4. The van der Waals surface area contributed by atoms with Crippen LogP contribution in [0.5, 0.6) is 11.5 Å². The van der Waals surface area contributed by atoms with Gasteiger partial charge in [-0.05, 0) is 24.3 Å². The molecular weight excluding hydrogens is 368 g/mol. The first-order chi connectivity index (χ1) is 13.4. The van der Waals surface area contributed by atoms with E-state index >= 15 is 0 Å². The number of phenols is 2. The minimum atomic E-state index is -0.717. The lowest BCUT2D eigenvalue weighted by molar-refractivity contribution is -0.127. The molecule has 146 valence electrons. The Balaban J connectivity index is 1.70. The van der Waals surface area contributed by atoms with Crippen LogP contribution in [0, 0.1) is 0 Å². The monoisotopic (exact) mass is 386 g/mol. The molecule has 0 unspecified atom stereocenters. The van der Waals surface area contributed by atoms with Gasteiger partial charge in [-0.3, -0.25) is 40.9 Å². The Bertz CT molecular complexity index is 826. The van der Waals surface area contributed by atoms with E-state index in [1.807, 2.05) is 0 Å². The van der Waals surface area contributed by atoms with Crippen molar-refractivity contribution < 1.29 is 29.4 Å². The normalized spacial score (nSPS) is 9.86. The molecule has 0 aromatic heterocycles. The van der Waals surface area contributed by atoms with Gasteiger partial charge in [-0.15, -0.1) is 0 Å². The van der Waals surface area contributed by atoms with E-state index in [0.717, 1.165) is 0 Å². The molecule has 0 saturated carbocycles. The molecule has 0 aliphatic carbocycles. The van der Waals surface area contributed by atoms with Crippen molar-refractivity contribution in [2.24, 2.45) is 0 Å². The van der Waals surface area contributed by atoms with Gasteiger partial charge in [0.25, 0.3) is 11.8 Å². The number of carbonyl (C=O) groups excluding carboxylic acids is 4. The van der Waals surface area contributed by atoms with Gasteiger partial charge in [0.1, 0.15) is 11.5 Å². The van der Waals surface area contributed by atoms with Gasteiger partial charge in [-0.25, -0.2) is 0 Å². The molecular formula is C18H18N4O6. The third kappa shape index (κ3) is 5.73. The number of amides is 4. The highest BCUT2D eigenvalue weighted by atomic mass is 16.3. The predicted molar refractivity (Wildman–Crippen MR) is 96.7 cm³/mol. The van der Waals surface area contributed by atoms with Crippen LogP contribution in [0.4, 0.5) is 0 Å². The summed E-state index contributed by atoms with van der Waals surface area (Å²) in [6, 6.07) is 11.6. The highest BCUT2D eigenvalue weighted by Gasteiger charge is 2.13. The van der Waals surface area contributed by atoms with E-state index in [0.29, 0.717) is 0 Å². The maximum atomic E-state index is 11.8. The number of hydrogen-bond acceptors (Lipinski definition) is 6. The maximum absolute atomic E-state index is 11.8. The molecule has 4 amide bonds. The SMILES string of the molecule is O=C(CCC(=O)NNC(=O)c1ccccc1O)NNC(=O)c1ccccc1O. The Morgan fingerprint density at radius 2 is 0.964 bits per heavy atom. The fourth-order valence-electron chi connectivity index (χ4n) is 2.07. The zero-order valence-corrected chi connectivity index (χ0v) is 14.6. The number of hydrazine groups is 2. The number of benzene rings is 2. The number of para-hydroxylation sites is 2. The first-order valence-electron chi connectivity index (χ1n) is 8.13. The second-order valence-electron chi connectivity index (χ2n) is 5.54. The summed E-state index contributed by atoms with van der Waals surface area (Å²) in [5.74, 6) is -3.21. The van der Waals surface area contributed by atoms with Crippen molar-refractivity contribution >= 4 is 23.6 Å². The molecule has 0 aliphatic heterocycles. The molecule has 28 heavy (non-hydrogen) atoms. The van der Waals surface area contributed by atoms with Crippen molar-refractivity contribution in [3.8, 4) is 11.5 Å². The highest BCUT2D eigenvalue weighted by molar-refractivity contribution is 5.98. The summed E-state index contributed by atoms with van der Waals surface area (Å²) in [4.78, 5) is 47.0. The van der Waals surface area contributed by atoms with Crippen LogP contribution in [-0.4, -0.2) is 33.8 Å². The fraction of sp³-hybridized carbons (Fsp3) is 0.111. The third-order valence-electron chi connectivity index (χ3n) is 3.51. The number of aromatic hydroxyl groups is 2. The van der Waals surface area contributed by atoms with Gasteiger partial charge in [0.05, 0.1) is 11.1 Å². The van der Waals surface area contributed by atoms with Gasteiger partial charge >= 0.3 is 0 Å². The molecule has 0 radical (unpaired) electrons. The van der Waals surface area contributed by atoms with Crippen LogP contribution in [0.15, 0.2) is 48.5 Å². The summed E-state index contributed by atoms with van der Waals surface area (Å²) in [5, 5.41) is 19.1. The second kappa shape index (κ2) is 9.57. The van der Waals surface area contributed by atoms with Gasteiger partial charge in [0.2, 0.25) is 11.8 Å². The first kappa shape index (κ1) is 20.2. The van der Waals surface area contributed by atoms with Crippen LogP contribution in [0.1, 0.15) is 33.6 Å². The van der Waals surface area contributed by atoms with Crippen molar-refractivity contribution in [3.05, 3.63) is 59.7 Å². The largest absolute Gasteiger partial charge is 0.507 e. The van der Waals surface area contributed by atoms with E-state index in [1.165, 1.54) is 24.3 Å². The Kier molecular flexibility index (Phi) is 6.92. The van der Waals surface area contributed by atoms with Gasteiger partial charge in [0, 0.05) is 12.8 Å². The molecule has 2 aromatic carbocycles. The maximum Gasteiger partial charge on any atom is 0.273 e. The van der Waals surface area contributed by atoms with Crippen LogP contribution < -0.4 is 21.7 Å². The Morgan fingerprint density at radius 3 is 1.32 bits per heavy atom. The average Bonchev–Trinajstić information content (AvgIpc) is 2.69. The third-order valence-corrected chi connectivity index (χ3v) is 3.51. The van der Waals surface area contributed by atoms with Crippen LogP contribution in [0.2, 0.25) is 0 Å². The van der Waals surface area contributed by atoms with E-state index < -0.39 is 23.6 Å². The van der Waals surface area contributed by atoms with Crippen LogP contribution in [0.25, 0.3) is 0 Å². The molecule has 10 heteroatoms. The molecule has 0 atom stereocenters. The van der Waals surface area contributed by atoms with E-state index in [1.54, 1.807) is 24.3 Å². The number of nitrogens with one attached hydrogen (secondary N) is 4. The van der Waals surface area contributed by atoms with E-state index in [-0.39, 0.29) is 35.5 Å². The lowest BCUT2D eigenvalue weighted by atomic mass is 10.2. The van der Waals surface area contributed by atoms with Gasteiger partial charge < -0.3 is 10.2 Å². The summed E-state index contributed by atoms with van der Waals surface area (Å²) in [6.45, 7) is 0. The molecule has 0 fully saturated rings. The van der Waals surface area contributed by atoms with E-state index in [4.69, 9.17) is 0 Å². The smallest absolute Gasteiger partial charge is 0.273 e. The molecule has 2 aromatic rings. The lowest BCUT2D eigenvalue weighted by Crippen LogP contribution is -2.44. The summed E-state index contributed by atoms with van der Waals surface area (Å²) < 4.78 is 0. The Morgan fingerprint density at radius 1 is 0.607 bits per heavy atom. The van der Waals surface area contributed by atoms with Crippen LogP contribution in [0.3, 0.4) is 0 Å². The van der Waals surface area contributed by atoms with Gasteiger partial charge in [-0.1, -0.05) is 24.3 Å². The molecule has 0 aliphatic rings. The molecule has 10 nitrogen and oxygen atoms in total. The zero-order chi connectivity index (χ0) is 20.5. The topological polar surface area (TPSA) is 157 Å². The second-order valence-corrected chi connectivity index (χ2v) is 5.54. The first-order valence-corrected chi connectivity index (χ1v) is 8.13. The Labute approximate surface area is 159 Å². The average molecular weight is 386 g/mol. The molecule has 0 saturated heterocycles. The number of hydrogen-bond donors (Lipinski definition) is 6. The van der Waals surface area contributed by atoms with E-state index in [9.17, 15) is 29.4 Å². The lowest BCUT2D eigenvalue weighted by Gasteiger charge is -2.09.